The molecule has 0 fully saturated rings. The third kappa shape index (κ3) is 3.04. The number of anilines is 1. The number of aromatic nitrogens is 2. The quantitative estimate of drug-likeness (QED) is 0.755. The van der Waals surface area contributed by atoms with Crippen molar-refractivity contribution in [2.45, 2.75) is 13.5 Å². The number of nitrogens with zero attached hydrogens (tertiary/aromatic N) is 2. The molecule has 1 aromatic carbocycles. The van der Waals surface area contributed by atoms with Gasteiger partial charge in [-0.3, -0.25) is 4.79 Å². The van der Waals surface area contributed by atoms with Gasteiger partial charge in [0.05, 0.1) is 5.27 Å². The van der Waals surface area contributed by atoms with Crippen molar-refractivity contribution in [3.8, 4) is 5.95 Å². The molecule has 0 bridgehead atoms. The van der Waals surface area contributed by atoms with Gasteiger partial charge in [0.15, 0.2) is 0 Å². The van der Waals surface area contributed by atoms with Gasteiger partial charge < -0.3 is 14.9 Å². The molecule has 2 aromatic rings. The number of amides is 1. The van der Waals surface area contributed by atoms with E-state index in [1.54, 1.807) is 6.07 Å². The summed E-state index contributed by atoms with van der Waals surface area (Å²) in [6.07, 6.45) is 1.12. The van der Waals surface area contributed by atoms with Crippen molar-refractivity contribution in [2.24, 2.45) is 0 Å². The number of hydrogen-bond donors (Lipinski definition) is 1. The van der Waals surface area contributed by atoms with E-state index in [9.17, 15) is 9.90 Å². The smallest absolute Gasteiger partial charge is 0.292 e. The van der Waals surface area contributed by atoms with E-state index in [0.29, 0.717) is 5.69 Å². The fourth-order valence-electron chi connectivity index (χ4n) is 1.41. The Morgan fingerprint density at radius 1 is 1.59 bits per heavy atom. The van der Waals surface area contributed by atoms with Gasteiger partial charge in [0, 0.05) is 5.69 Å². The van der Waals surface area contributed by atoms with Crippen LogP contribution in [-0.2, 0) is 11.3 Å². The highest BCUT2D eigenvalue weighted by molar-refractivity contribution is 5.89. The molecule has 1 heterocycles. The first-order valence-corrected chi connectivity index (χ1v) is 5.03. The van der Waals surface area contributed by atoms with Gasteiger partial charge in [-0.2, -0.15) is 0 Å². The highest BCUT2D eigenvalue weighted by atomic mass is 16.6. The summed E-state index contributed by atoms with van der Waals surface area (Å²) >= 11 is 0. The van der Waals surface area contributed by atoms with E-state index in [1.165, 1.54) is 0 Å². The van der Waals surface area contributed by atoms with Crippen LogP contribution in [0.2, 0.25) is 0 Å². The van der Waals surface area contributed by atoms with Gasteiger partial charge in [0.1, 0.15) is 5.95 Å². The number of rotatable bonds is 3. The van der Waals surface area contributed by atoms with E-state index >= 15 is 0 Å². The summed E-state index contributed by atoms with van der Waals surface area (Å²) in [6, 6.07) is 7.43. The van der Waals surface area contributed by atoms with Gasteiger partial charge >= 0.3 is 0 Å². The van der Waals surface area contributed by atoms with Crippen LogP contribution in [0.4, 0.5) is 5.69 Å². The fourth-order valence-corrected chi connectivity index (χ4v) is 1.41. The van der Waals surface area contributed by atoms with E-state index < -0.39 is 5.95 Å². The van der Waals surface area contributed by atoms with Gasteiger partial charge in [0.2, 0.25) is 6.20 Å². The van der Waals surface area contributed by atoms with Crippen LogP contribution in [0.3, 0.4) is 0 Å². The Morgan fingerprint density at radius 2 is 2.41 bits per heavy atom. The summed E-state index contributed by atoms with van der Waals surface area (Å²) in [5.41, 5.74) is 1.76. The van der Waals surface area contributed by atoms with Crippen molar-refractivity contribution in [2.75, 3.05) is 5.32 Å². The molecule has 6 heteroatoms. The average molecular weight is 233 g/mol. The van der Waals surface area contributed by atoms with Crippen LogP contribution in [0, 0.1) is 6.92 Å². The lowest BCUT2D eigenvalue weighted by molar-refractivity contribution is -0.750. The molecule has 0 spiro atoms. The predicted octanol–water partition coefficient (Wildman–Crippen LogP) is -0.0172. The highest BCUT2D eigenvalue weighted by Gasteiger charge is 2.11. The second-order valence-corrected chi connectivity index (χ2v) is 3.64. The summed E-state index contributed by atoms with van der Waals surface area (Å²) in [5.74, 6) is -0.845. The summed E-state index contributed by atoms with van der Waals surface area (Å²) in [6.45, 7) is 1.88. The molecule has 0 radical (unpaired) electrons. The van der Waals surface area contributed by atoms with E-state index in [0.717, 1.165) is 16.4 Å². The molecular weight excluding hydrogens is 222 g/mol. The molecule has 1 N–H and O–H groups in total. The number of carbonyl (C=O) groups excluding carboxylic acids is 1. The topological polar surface area (TPSA) is 82.1 Å². The molecule has 1 amide bonds. The first-order chi connectivity index (χ1) is 8.13. The van der Waals surface area contributed by atoms with Crippen molar-refractivity contribution in [3.63, 3.8) is 0 Å². The molecule has 0 atom stereocenters. The molecule has 17 heavy (non-hydrogen) atoms. The molecule has 0 unspecified atom stereocenters. The molecule has 0 aliphatic carbocycles. The van der Waals surface area contributed by atoms with E-state index in [2.05, 4.69) is 15.1 Å². The standard InChI is InChI=1S/C11H11N3O3/c1-8-3-2-4-9(5-8)12-10(15)6-14-7-11(16)17-13-14/h2-5,7H,6H2,1H3,(H-,12,13,15,16). The Bertz CT molecular complexity index is 536. The second kappa shape index (κ2) is 4.65. The van der Waals surface area contributed by atoms with Crippen LogP contribution in [0.15, 0.2) is 35.0 Å². The number of aryl methyl sites for hydroxylation is 1. The highest BCUT2D eigenvalue weighted by Crippen LogP contribution is 2.09. The largest absolute Gasteiger partial charge is 0.539 e. The molecule has 88 valence electrons. The minimum absolute atomic E-state index is 0.0559. The Hall–Kier alpha value is -2.37. The van der Waals surface area contributed by atoms with Crippen LogP contribution in [0.1, 0.15) is 5.56 Å². The van der Waals surface area contributed by atoms with Crippen molar-refractivity contribution < 1.29 is 19.1 Å². The third-order valence-electron chi connectivity index (χ3n) is 2.10. The molecule has 2 rings (SSSR count). The molecule has 0 saturated carbocycles. The summed E-state index contributed by atoms with van der Waals surface area (Å²) in [4.78, 5) is 11.6. The first-order valence-electron chi connectivity index (χ1n) is 5.03. The molecule has 0 saturated heterocycles. The van der Waals surface area contributed by atoms with Crippen molar-refractivity contribution >= 4 is 11.6 Å². The van der Waals surface area contributed by atoms with Crippen molar-refractivity contribution in [1.29, 1.82) is 0 Å². The SMILES string of the molecule is Cc1cccc(NC(=O)C[n+]2cc([O-])on2)c1. The number of carbonyl (C=O) groups is 1. The lowest BCUT2D eigenvalue weighted by Gasteiger charge is -2.02. The Balaban J connectivity index is 1.98. The summed E-state index contributed by atoms with van der Waals surface area (Å²) in [7, 11) is 0. The van der Waals surface area contributed by atoms with E-state index in [4.69, 9.17) is 0 Å². The fraction of sp³-hybridized carbons (Fsp3) is 0.182. The molecule has 0 aliphatic rings. The molecule has 1 aromatic heterocycles. The molecule has 0 aliphatic heterocycles. The maximum atomic E-state index is 11.6. The normalized spacial score (nSPS) is 10.2. The van der Waals surface area contributed by atoms with Gasteiger partial charge in [-0.1, -0.05) is 16.8 Å². The average Bonchev–Trinajstić information content (AvgIpc) is 2.63. The minimum atomic E-state index is -0.576. The van der Waals surface area contributed by atoms with Crippen LogP contribution < -0.4 is 15.1 Å². The maximum Gasteiger partial charge on any atom is 0.292 e. The zero-order valence-electron chi connectivity index (χ0n) is 9.21. The minimum Gasteiger partial charge on any atom is -0.539 e. The van der Waals surface area contributed by atoms with Gasteiger partial charge in [-0.15, -0.1) is 0 Å². The lowest BCUT2D eigenvalue weighted by Crippen LogP contribution is -2.41. The Labute approximate surface area is 97.5 Å². The van der Waals surface area contributed by atoms with Crippen LogP contribution in [0.5, 0.6) is 5.95 Å². The summed E-state index contributed by atoms with van der Waals surface area (Å²) < 4.78 is 5.46. The zero-order chi connectivity index (χ0) is 12.3. The van der Waals surface area contributed by atoms with Gasteiger partial charge in [-0.25, -0.2) is 0 Å². The van der Waals surface area contributed by atoms with E-state index in [1.807, 2.05) is 25.1 Å². The Kier molecular flexibility index (Phi) is 3.04. The predicted molar refractivity (Wildman–Crippen MR) is 56.0 cm³/mol. The van der Waals surface area contributed by atoms with Crippen molar-refractivity contribution in [3.05, 3.63) is 36.0 Å². The second-order valence-electron chi connectivity index (χ2n) is 3.64. The first kappa shape index (κ1) is 11.1. The molecule has 6 nitrogen and oxygen atoms in total. The van der Waals surface area contributed by atoms with E-state index in [-0.39, 0.29) is 12.5 Å². The van der Waals surface area contributed by atoms with Crippen molar-refractivity contribution in [1.82, 2.24) is 5.27 Å². The van der Waals surface area contributed by atoms with Crippen LogP contribution in [-0.4, -0.2) is 11.2 Å². The summed E-state index contributed by atoms with van der Waals surface area (Å²) in [5, 5.41) is 16.8. The van der Waals surface area contributed by atoms with Crippen LogP contribution >= 0.6 is 0 Å². The Morgan fingerprint density at radius 3 is 3.06 bits per heavy atom. The zero-order valence-corrected chi connectivity index (χ0v) is 9.21. The van der Waals surface area contributed by atoms with Crippen LogP contribution in [0.25, 0.3) is 0 Å². The number of benzene rings is 1. The molecular formula is C11H11N3O3. The van der Waals surface area contributed by atoms with Gasteiger partial charge in [0.25, 0.3) is 12.5 Å². The third-order valence-corrected chi connectivity index (χ3v) is 2.10. The lowest BCUT2D eigenvalue weighted by atomic mass is 10.2. The van der Waals surface area contributed by atoms with Gasteiger partial charge in [-0.05, 0) is 24.6 Å². The number of nitrogens with one attached hydrogen (secondary N) is 1. The number of hydrogen-bond acceptors (Lipinski definition) is 4. The monoisotopic (exact) mass is 233 g/mol. The maximum absolute atomic E-state index is 11.6.